The van der Waals surface area contributed by atoms with Gasteiger partial charge in [-0.25, -0.2) is 0 Å². The molecular weight excluding hydrogens is 803 g/mol. The molecule has 0 bridgehead atoms. The topological polar surface area (TPSA) is 166 Å². The van der Waals surface area contributed by atoms with Gasteiger partial charge < -0.3 is 85.0 Å². The molecule has 0 aromatic rings. The maximum Gasteiger partial charge on any atom is 0.639 e. The smallest absolute Gasteiger partial charge is 0.383 e. The zero-order chi connectivity index (χ0) is 43.9. The Morgan fingerprint density at radius 1 is 0.180 bits per heavy atom. The first kappa shape index (κ1) is 60.3. The van der Waals surface area contributed by atoms with Crippen LogP contribution in [-0.4, -0.2) is 225 Å². The van der Waals surface area contributed by atoms with Gasteiger partial charge in [0.15, 0.2) is 0 Å². The largest absolute Gasteiger partial charge is 0.639 e. The van der Waals surface area contributed by atoms with E-state index in [4.69, 9.17) is 85.0 Å². The first-order valence-electron chi connectivity index (χ1n) is 22.9. The maximum absolute atomic E-state index is 5.76. The highest BCUT2D eigenvalue weighted by Gasteiger charge is 2.21. The predicted octanol–water partition coefficient (Wildman–Crippen LogP) is 3.67. The standard InChI is InChI=1S/C42H87BO18/c1-4-7-10-44-13-16-47-19-22-50-25-28-53-31-34-56-37-40-59-43(60-41-38-57-35-32-54-29-26-51-23-20-48-17-14-45-11-8-5-2)61-42-39-58-36-33-55-30-27-52-24-21-49-18-15-46-12-9-6-3/h4-42H2,1-3H3. The number of ether oxygens (including phenoxy) is 15. The minimum atomic E-state index is -0.904. The number of hydrogen-bond acceptors (Lipinski definition) is 18. The van der Waals surface area contributed by atoms with Gasteiger partial charge in [0.2, 0.25) is 0 Å². The minimum absolute atomic E-state index is 0.268. The Labute approximate surface area is 369 Å². The molecule has 0 N–H and O–H groups in total. The van der Waals surface area contributed by atoms with Crippen LogP contribution in [0.25, 0.3) is 0 Å². The van der Waals surface area contributed by atoms with E-state index in [1.807, 2.05) is 0 Å². The molecule has 0 radical (unpaired) electrons. The maximum atomic E-state index is 5.76. The third-order valence-electron chi connectivity index (χ3n) is 7.84. The van der Waals surface area contributed by atoms with Crippen molar-refractivity contribution in [2.45, 2.75) is 59.3 Å². The van der Waals surface area contributed by atoms with Crippen molar-refractivity contribution in [3.8, 4) is 0 Å². The molecular formula is C42H87BO18. The van der Waals surface area contributed by atoms with Crippen LogP contribution in [0.1, 0.15) is 59.3 Å². The molecule has 61 heavy (non-hydrogen) atoms. The van der Waals surface area contributed by atoms with Crippen molar-refractivity contribution >= 4 is 7.32 Å². The minimum Gasteiger partial charge on any atom is -0.383 e. The third kappa shape index (κ3) is 55.4. The molecule has 0 atom stereocenters. The van der Waals surface area contributed by atoms with Crippen LogP contribution in [0.4, 0.5) is 0 Å². The average molecular weight is 891 g/mol. The second-order valence-corrected chi connectivity index (χ2v) is 13.1. The van der Waals surface area contributed by atoms with E-state index >= 15 is 0 Å². The molecule has 0 aromatic heterocycles. The van der Waals surface area contributed by atoms with Crippen molar-refractivity contribution < 1.29 is 85.0 Å². The van der Waals surface area contributed by atoms with Gasteiger partial charge in [-0.2, -0.15) is 0 Å². The molecule has 0 saturated heterocycles. The van der Waals surface area contributed by atoms with Crippen molar-refractivity contribution in [3.63, 3.8) is 0 Å². The van der Waals surface area contributed by atoms with Crippen molar-refractivity contribution in [1.29, 1.82) is 0 Å². The average Bonchev–Trinajstić information content (AvgIpc) is 3.27. The van der Waals surface area contributed by atoms with E-state index in [0.29, 0.717) is 178 Å². The molecule has 0 aromatic carbocycles. The molecule has 0 aliphatic rings. The van der Waals surface area contributed by atoms with Crippen LogP contribution in [0, 0.1) is 0 Å². The molecule has 19 heteroatoms. The Morgan fingerprint density at radius 3 is 0.459 bits per heavy atom. The molecule has 0 spiro atoms. The zero-order valence-electron chi connectivity index (χ0n) is 38.5. The quantitative estimate of drug-likeness (QED) is 0.0641. The van der Waals surface area contributed by atoms with Crippen molar-refractivity contribution in [2.24, 2.45) is 0 Å². The Kier molecular flexibility index (Phi) is 56.7. The van der Waals surface area contributed by atoms with Crippen LogP contribution in [0.3, 0.4) is 0 Å². The van der Waals surface area contributed by atoms with Gasteiger partial charge in [0.05, 0.1) is 198 Å². The van der Waals surface area contributed by atoms with Gasteiger partial charge in [0, 0.05) is 19.8 Å². The first-order valence-corrected chi connectivity index (χ1v) is 22.9. The second-order valence-electron chi connectivity index (χ2n) is 13.1. The van der Waals surface area contributed by atoms with E-state index in [9.17, 15) is 0 Å². The molecule has 0 amide bonds. The van der Waals surface area contributed by atoms with Crippen molar-refractivity contribution in [3.05, 3.63) is 0 Å². The van der Waals surface area contributed by atoms with E-state index in [1.54, 1.807) is 0 Å². The molecule has 0 rings (SSSR count). The Balaban J connectivity index is 3.96. The number of hydrogen-bond donors (Lipinski definition) is 0. The lowest BCUT2D eigenvalue weighted by Crippen LogP contribution is -2.32. The highest BCUT2D eigenvalue weighted by molar-refractivity contribution is 6.36. The van der Waals surface area contributed by atoms with E-state index in [1.165, 1.54) is 0 Å². The Hall–Kier alpha value is -0.655. The van der Waals surface area contributed by atoms with Gasteiger partial charge in [0.1, 0.15) is 0 Å². The summed E-state index contributed by atoms with van der Waals surface area (Å²) in [4.78, 5) is 0. The highest BCUT2D eigenvalue weighted by atomic mass is 16.7. The molecule has 0 aliphatic carbocycles. The summed E-state index contributed by atoms with van der Waals surface area (Å²) < 4.78 is 100. The van der Waals surface area contributed by atoms with Crippen LogP contribution in [-0.2, 0) is 85.0 Å². The summed E-state index contributed by atoms with van der Waals surface area (Å²) in [6.45, 7) is 22.9. The number of unbranched alkanes of at least 4 members (excludes halogenated alkanes) is 3. The highest BCUT2D eigenvalue weighted by Crippen LogP contribution is 1.96. The van der Waals surface area contributed by atoms with Gasteiger partial charge in [-0.3, -0.25) is 0 Å². The summed E-state index contributed by atoms with van der Waals surface area (Å²) >= 11 is 0. The van der Waals surface area contributed by atoms with Crippen LogP contribution < -0.4 is 0 Å². The molecule has 366 valence electrons. The molecule has 0 aliphatic heterocycles. The lowest BCUT2D eigenvalue weighted by molar-refractivity contribution is -0.0222. The van der Waals surface area contributed by atoms with Gasteiger partial charge in [-0.15, -0.1) is 0 Å². The molecule has 0 saturated carbocycles. The van der Waals surface area contributed by atoms with Crippen LogP contribution in [0.2, 0.25) is 0 Å². The third-order valence-corrected chi connectivity index (χ3v) is 7.84. The lowest BCUT2D eigenvalue weighted by atomic mass is 10.2. The monoisotopic (exact) mass is 891 g/mol. The van der Waals surface area contributed by atoms with E-state index in [2.05, 4.69) is 20.8 Å². The zero-order valence-corrected chi connectivity index (χ0v) is 38.5. The summed E-state index contributed by atoms with van der Waals surface area (Å²) in [6, 6.07) is 0. The van der Waals surface area contributed by atoms with Crippen LogP contribution in [0.5, 0.6) is 0 Å². The number of rotatable bonds is 57. The van der Waals surface area contributed by atoms with Crippen LogP contribution in [0.15, 0.2) is 0 Å². The van der Waals surface area contributed by atoms with E-state index in [0.717, 1.165) is 58.3 Å². The van der Waals surface area contributed by atoms with Gasteiger partial charge >= 0.3 is 7.32 Å². The van der Waals surface area contributed by atoms with Gasteiger partial charge in [0.25, 0.3) is 0 Å². The molecule has 18 nitrogen and oxygen atoms in total. The fraction of sp³-hybridized carbons (Fsp3) is 1.00. The fourth-order valence-corrected chi connectivity index (χ4v) is 4.44. The Morgan fingerprint density at radius 2 is 0.311 bits per heavy atom. The predicted molar refractivity (Wildman–Crippen MR) is 231 cm³/mol. The van der Waals surface area contributed by atoms with Gasteiger partial charge in [-0.1, -0.05) is 40.0 Å². The normalized spacial score (nSPS) is 11.7. The summed E-state index contributed by atoms with van der Waals surface area (Å²) in [7, 11) is -0.904. The van der Waals surface area contributed by atoms with Crippen LogP contribution >= 0.6 is 0 Å². The Bertz CT molecular complexity index is 674. The van der Waals surface area contributed by atoms with Crippen molar-refractivity contribution in [2.75, 3.05) is 218 Å². The second kappa shape index (κ2) is 57.4. The summed E-state index contributed by atoms with van der Waals surface area (Å²) in [5.74, 6) is 0. The summed E-state index contributed by atoms with van der Waals surface area (Å²) in [6.07, 6.45) is 6.63. The summed E-state index contributed by atoms with van der Waals surface area (Å²) in [5, 5.41) is 0. The van der Waals surface area contributed by atoms with E-state index in [-0.39, 0.29) is 19.8 Å². The summed E-state index contributed by atoms with van der Waals surface area (Å²) in [5.41, 5.74) is 0. The SMILES string of the molecule is CCCCOCCOCCOCCOCCOCCOB(OCCOCCOCCOCCOCCOCCCC)OCCOCCOCCOCCOCCOCCCC. The molecule has 0 heterocycles. The first-order chi connectivity index (χ1) is 30.3. The van der Waals surface area contributed by atoms with E-state index < -0.39 is 7.32 Å². The molecule has 0 unspecified atom stereocenters. The fourth-order valence-electron chi connectivity index (χ4n) is 4.44. The van der Waals surface area contributed by atoms with Gasteiger partial charge in [-0.05, 0) is 19.3 Å². The lowest BCUT2D eigenvalue weighted by Gasteiger charge is -2.15. The molecule has 0 fully saturated rings. The van der Waals surface area contributed by atoms with Crippen molar-refractivity contribution in [1.82, 2.24) is 0 Å².